The fraction of sp³-hybridized carbons (Fsp3) is 0.556. The summed E-state index contributed by atoms with van der Waals surface area (Å²) in [5.41, 5.74) is 0.0590. The van der Waals surface area contributed by atoms with Crippen LogP contribution >= 0.6 is 0 Å². The average molecular weight is 139 g/mol. The van der Waals surface area contributed by atoms with Crippen molar-refractivity contribution in [1.29, 1.82) is 0 Å². The van der Waals surface area contributed by atoms with Gasteiger partial charge in [-0.2, -0.15) is 0 Å². The lowest BCUT2D eigenvalue weighted by Crippen LogP contribution is -2.27. The lowest BCUT2D eigenvalue weighted by atomic mass is 9.91. The minimum atomic E-state index is 0.0590. The highest BCUT2D eigenvalue weighted by Crippen LogP contribution is 2.18. The Hall–Kier alpha value is -0.560. The van der Waals surface area contributed by atoms with Crippen molar-refractivity contribution in [1.82, 2.24) is 4.90 Å². The molecule has 0 spiro atoms. The summed E-state index contributed by atoms with van der Waals surface area (Å²) in [6.07, 6.45) is 3.86. The Morgan fingerprint density at radius 2 is 1.70 bits per heavy atom. The van der Waals surface area contributed by atoms with Gasteiger partial charge in [0, 0.05) is 12.0 Å². The van der Waals surface area contributed by atoms with Crippen LogP contribution in [0.1, 0.15) is 6.92 Å². The van der Waals surface area contributed by atoms with Gasteiger partial charge in [0.25, 0.3) is 0 Å². The number of hydrogen-bond donors (Lipinski definition) is 0. The summed E-state index contributed by atoms with van der Waals surface area (Å²) in [7, 11) is 4.09. The van der Waals surface area contributed by atoms with E-state index in [1.54, 1.807) is 0 Å². The largest absolute Gasteiger partial charge is 0.308 e. The van der Waals surface area contributed by atoms with Gasteiger partial charge in [-0.05, 0) is 14.1 Å². The highest BCUT2D eigenvalue weighted by Gasteiger charge is 2.15. The van der Waals surface area contributed by atoms with Gasteiger partial charge in [-0.3, -0.25) is 0 Å². The van der Waals surface area contributed by atoms with Gasteiger partial charge >= 0.3 is 0 Å². The van der Waals surface area contributed by atoms with Crippen molar-refractivity contribution in [2.45, 2.75) is 6.92 Å². The van der Waals surface area contributed by atoms with Crippen LogP contribution < -0.4 is 0 Å². The third-order valence-electron chi connectivity index (χ3n) is 1.59. The number of hydrogen-bond acceptors (Lipinski definition) is 1. The van der Waals surface area contributed by atoms with Crippen LogP contribution in [0.25, 0.3) is 0 Å². The molecule has 0 heterocycles. The van der Waals surface area contributed by atoms with E-state index < -0.39 is 0 Å². The quantitative estimate of drug-likeness (QED) is 0.538. The molecule has 0 unspecified atom stereocenters. The minimum absolute atomic E-state index is 0.0590. The molecule has 0 aliphatic heterocycles. The molecule has 0 aliphatic rings. The zero-order chi connectivity index (χ0) is 8.20. The minimum Gasteiger partial charge on any atom is -0.308 e. The highest BCUT2D eigenvalue weighted by molar-refractivity contribution is 5.04. The molecule has 58 valence electrons. The van der Waals surface area contributed by atoms with Gasteiger partial charge in [-0.1, -0.05) is 19.1 Å². The predicted molar refractivity (Wildman–Crippen MR) is 47.1 cm³/mol. The van der Waals surface area contributed by atoms with Crippen molar-refractivity contribution in [2.75, 3.05) is 20.6 Å². The molecule has 1 heteroatoms. The lowest BCUT2D eigenvalue weighted by Gasteiger charge is -2.24. The van der Waals surface area contributed by atoms with Gasteiger partial charge in [-0.15, -0.1) is 13.2 Å². The van der Waals surface area contributed by atoms with E-state index in [0.29, 0.717) is 0 Å². The van der Waals surface area contributed by atoms with Crippen LogP contribution in [-0.2, 0) is 0 Å². The second-order valence-electron chi connectivity index (χ2n) is 3.15. The molecule has 10 heavy (non-hydrogen) atoms. The van der Waals surface area contributed by atoms with Gasteiger partial charge in [0.1, 0.15) is 0 Å². The summed E-state index contributed by atoms with van der Waals surface area (Å²) in [6, 6.07) is 0. The van der Waals surface area contributed by atoms with Crippen molar-refractivity contribution < 1.29 is 0 Å². The van der Waals surface area contributed by atoms with Crippen LogP contribution in [0.5, 0.6) is 0 Å². The second-order valence-corrected chi connectivity index (χ2v) is 3.15. The first-order valence-electron chi connectivity index (χ1n) is 3.46. The Labute approximate surface area is 64.0 Å². The highest BCUT2D eigenvalue weighted by atomic mass is 15.1. The van der Waals surface area contributed by atoms with Crippen LogP contribution in [0, 0.1) is 5.41 Å². The average Bonchev–Trinajstić information content (AvgIpc) is 1.87. The molecule has 0 atom stereocenters. The summed E-state index contributed by atoms with van der Waals surface area (Å²) in [6.45, 7) is 10.6. The van der Waals surface area contributed by atoms with Crippen molar-refractivity contribution in [3.63, 3.8) is 0 Å². The van der Waals surface area contributed by atoms with Crippen LogP contribution in [-0.4, -0.2) is 25.5 Å². The number of rotatable bonds is 4. The Morgan fingerprint density at radius 3 is 1.80 bits per heavy atom. The SMILES string of the molecule is C=CC(C)(C=C)CN(C)C. The second kappa shape index (κ2) is 3.57. The van der Waals surface area contributed by atoms with E-state index in [9.17, 15) is 0 Å². The maximum atomic E-state index is 3.76. The first kappa shape index (κ1) is 9.44. The predicted octanol–water partition coefficient (Wildman–Crippen LogP) is 1.93. The molecule has 0 aromatic heterocycles. The van der Waals surface area contributed by atoms with Crippen LogP contribution in [0.4, 0.5) is 0 Å². The normalized spacial score (nSPS) is 11.6. The monoisotopic (exact) mass is 139 g/mol. The van der Waals surface area contributed by atoms with E-state index in [-0.39, 0.29) is 5.41 Å². The van der Waals surface area contributed by atoms with E-state index in [4.69, 9.17) is 0 Å². The summed E-state index contributed by atoms with van der Waals surface area (Å²) < 4.78 is 0. The maximum Gasteiger partial charge on any atom is 0.0155 e. The van der Waals surface area contributed by atoms with Crippen molar-refractivity contribution in [2.24, 2.45) is 5.41 Å². The molecule has 0 saturated heterocycles. The van der Waals surface area contributed by atoms with E-state index in [0.717, 1.165) is 6.54 Å². The van der Waals surface area contributed by atoms with Gasteiger partial charge in [0.15, 0.2) is 0 Å². The molecule has 0 amide bonds. The Kier molecular flexibility index (Phi) is 3.37. The third kappa shape index (κ3) is 2.83. The molecule has 0 rings (SSSR count). The summed E-state index contributed by atoms with van der Waals surface area (Å²) in [5, 5.41) is 0. The zero-order valence-electron chi connectivity index (χ0n) is 7.22. The van der Waals surface area contributed by atoms with Gasteiger partial charge in [-0.25, -0.2) is 0 Å². The van der Waals surface area contributed by atoms with E-state index in [1.807, 2.05) is 26.2 Å². The Bertz CT molecular complexity index is 117. The lowest BCUT2D eigenvalue weighted by molar-refractivity contribution is 0.320. The molecule has 0 aromatic rings. The van der Waals surface area contributed by atoms with Gasteiger partial charge in [0.2, 0.25) is 0 Å². The molecule has 1 nitrogen and oxygen atoms in total. The Balaban J connectivity index is 4.05. The fourth-order valence-corrected chi connectivity index (χ4v) is 0.894. The molecule has 0 aromatic carbocycles. The van der Waals surface area contributed by atoms with E-state index >= 15 is 0 Å². The van der Waals surface area contributed by atoms with Crippen molar-refractivity contribution in [3.05, 3.63) is 25.3 Å². The summed E-state index contributed by atoms with van der Waals surface area (Å²) >= 11 is 0. The first-order valence-corrected chi connectivity index (χ1v) is 3.46. The maximum absolute atomic E-state index is 3.76. The first-order chi connectivity index (χ1) is 4.54. The van der Waals surface area contributed by atoms with E-state index in [1.165, 1.54) is 0 Å². The smallest absolute Gasteiger partial charge is 0.0155 e. The summed E-state index contributed by atoms with van der Waals surface area (Å²) in [5.74, 6) is 0. The number of nitrogens with zero attached hydrogens (tertiary/aromatic N) is 1. The molecule has 0 saturated carbocycles. The van der Waals surface area contributed by atoms with E-state index in [2.05, 4.69) is 25.0 Å². The van der Waals surface area contributed by atoms with Gasteiger partial charge < -0.3 is 4.90 Å². The molecule has 0 bridgehead atoms. The molecular formula is C9H17N. The topological polar surface area (TPSA) is 3.24 Å². The Morgan fingerprint density at radius 1 is 1.30 bits per heavy atom. The molecule has 0 N–H and O–H groups in total. The van der Waals surface area contributed by atoms with Crippen molar-refractivity contribution >= 4 is 0 Å². The molecular weight excluding hydrogens is 122 g/mol. The fourth-order valence-electron chi connectivity index (χ4n) is 0.894. The molecule has 0 fully saturated rings. The van der Waals surface area contributed by atoms with Crippen LogP contribution in [0.15, 0.2) is 25.3 Å². The molecule has 0 aliphatic carbocycles. The van der Waals surface area contributed by atoms with Crippen molar-refractivity contribution in [3.8, 4) is 0 Å². The van der Waals surface area contributed by atoms with Gasteiger partial charge in [0.05, 0.1) is 0 Å². The van der Waals surface area contributed by atoms with Crippen LogP contribution in [0.2, 0.25) is 0 Å². The summed E-state index contributed by atoms with van der Waals surface area (Å²) in [4.78, 5) is 2.13. The molecule has 0 radical (unpaired) electrons. The van der Waals surface area contributed by atoms with Crippen LogP contribution in [0.3, 0.4) is 0 Å². The zero-order valence-corrected chi connectivity index (χ0v) is 7.22. The third-order valence-corrected chi connectivity index (χ3v) is 1.59. The standard InChI is InChI=1S/C9H17N/c1-6-9(3,7-2)8-10(4)5/h6-7H,1-2,8H2,3-5H3.